The monoisotopic (exact) mass is 380 g/mol. The molecule has 2 N–H and O–H groups in total. The van der Waals surface area contributed by atoms with Crippen LogP contribution >= 0.6 is 0 Å². The smallest absolute Gasteiger partial charge is 0.423 e. The zero-order chi connectivity index (χ0) is 20.4. The third-order valence-electron chi connectivity index (χ3n) is 5.30. The van der Waals surface area contributed by atoms with Gasteiger partial charge in [-0.15, -0.1) is 0 Å². The van der Waals surface area contributed by atoms with E-state index in [4.69, 9.17) is 0 Å². The summed E-state index contributed by atoms with van der Waals surface area (Å²) >= 11 is 0. The number of benzene rings is 4. The van der Waals surface area contributed by atoms with Crippen LogP contribution in [-0.4, -0.2) is 29.1 Å². The molecule has 5 heteroatoms. The Bertz CT molecular complexity index is 1180. The van der Waals surface area contributed by atoms with Crippen LogP contribution in [0.25, 0.3) is 21.5 Å². The van der Waals surface area contributed by atoms with Crippen LogP contribution in [0, 0.1) is 11.3 Å². The second-order valence-corrected chi connectivity index (χ2v) is 7.37. The average molecular weight is 380 g/mol. The fourth-order valence-corrected chi connectivity index (χ4v) is 3.96. The fraction of sp³-hybridized carbons (Fsp3) is 0.125. The molecule has 0 saturated heterocycles. The molecular weight excluding hydrogens is 359 g/mol. The lowest BCUT2D eigenvalue weighted by molar-refractivity contribution is 0.321. The van der Waals surface area contributed by atoms with Gasteiger partial charge >= 0.3 is 7.12 Å². The molecule has 4 nitrogen and oxygen atoms in total. The van der Waals surface area contributed by atoms with E-state index < -0.39 is 7.12 Å². The minimum absolute atomic E-state index is 0.429. The van der Waals surface area contributed by atoms with Gasteiger partial charge in [-0.1, -0.05) is 54.6 Å². The maximum absolute atomic E-state index is 9.71. The maximum atomic E-state index is 9.71. The third-order valence-corrected chi connectivity index (χ3v) is 5.30. The van der Waals surface area contributed by atoms with Crippen molar-refractivity contribution in [2.75, 3.05) is 7.05 Å². The average Bonchev–Trinajstić information content (AvgIpc) is 2.73. The number of nitriles is 1. The van der Waals surface area contributed by atoms with Crippen LogP contribution in [-0.2, 0) is 13.1 Å². The fourth-order valence-electron chi connectivity index (χ4n) is 3.96. The summed E-state index contributed by atoms with van der Waals surface area (Å²) in [6.07, 6.45) is 0. The van der Waals surface area contributed by atoms with Gasteiger partial charge in [0, 0.05) is 13.1 Å². The molecule has 29 heavy (non-hydrogen) atoms. The highest BCUT2D eigenvalue weighted by atomic mass is 16.4. The van der Waals surface area contributed by atoms with Crippen LogP contribution in [0.5, 0.6) is 0 Å². The van der Waals surface area contributed by atoms with Gasteiger partial charge in [0.15, 0.2) is 0 Å². The summed E-state index contributed by atoms with van der Waals surface area (Å²) in [5.74, 6) is 0. The first-order valence-electron chi connectivity index (χ1n) is 9.54. The predicted octanol–water partition coefficient (Wildman–Crippen LogP) is 3.18. The lowest BCUT2D eigenvalue weighted by Gasteiger charge is -2.21. The number of fused-ring (bicyclic) bond motifs is 2. The third kappa shape index (κ3) is 3.87. The molecule has 0 heterocycles. The zero-order valence-corrected chi connectivity index (χ0v) is 16.2. The molecule has 0 aliphatic heterocycles. The van der Waals surface area contributed by atoms with Gasteiger partial charge in [0.1, 0.15) is 0 Å². The van der Waals surface area contributed by atoms with E-state index in [2.05, 4.69) is 53.4 Å². The van der Waals surface area contributed by atoms with Crippen molar-refractivity contribution in [3.8, 4) is 6.07 Å². The van der Waals surface area contributed by atoms with Gasteiger partial charge in [0.25, 0.3) is 0 Å². The molecule has 4 rings (SSSR count). The van der Waals surface area contributed by atoms with E-state index >= 15 is 0 Å². The lowest BCUT2D eigenvalue weighted by atomic mass is 9.76. The standard InChI is InChI=1S/C24H21BN2O2/c1-27(15-20-12-17(14-26)10-11-24(20)25(28)29)16-23-21-8-4-2-6-18(21)13-19-7-3-5-9-22(19)23/h2-13,28-29H,15-16H2,1H3. The first kappa shape index (κ1) is 19.2. The molecule has 0 atom stereocenters. The Kier molecular flexibility index (Phi) is 5.33. The molecule has 0 aliphatic carbocycles. The quantitative estimate of drug-likeness (QED) is 0.412. The second-order valence-electron chi connectivity index (χ2n) is 7.37. The van der Waals surface area contributed by atoms with Crippen LogP contribution in [0.4, 0.5) is 0 Å². The summed E-state index contributed by atoms with van der Waals surface area (Å²) < 4.78 is 0. The summed E-state index contributed by atoms with van der Waals surface area (Å²) in [6, 6.07) is 26.0. The Morgan fingerprint density at radius 3 is 2.07 bits per heavy atom. The Morgan fingerprint density at radius 2 is 1.48 bits per heavy atom. The molecule has 4 aromatic carbocycles. The summed E-state index contributed by atoms with van der Waals surface area (Å²) in [7, 11) is 0.438. The normalized spacial score (nSPS) is 11.1. The topological polar surface area (TPSA) is 67.5 Å². The Balaban J connectivity index is 1.73. The van der Waals surface area contributed by atoms with E-state index in [0.29, 0.717) is 24.1 Å². The van der Waals surface area contributed by atoms with Crippen LogP contribution < -0.4 is 5.46 Å². The minimum Gasteiger partial charge on any atom is -0.423 e. The first-order chi connectivity index (χ1) is 14.1. The molecule has 0 saturated carbocycles. The van der Waals surface area contributed by atoms with Crippen LogP contribution in [0.2, 0.25) is 0 Å². The second kappa shape index (κ2) is 8.06. The number of hydrogen-bond donors (Lipinski definition) is 2. The molecule has 0 amide bonds. The van der Waals surface area contributed by atoms with Gasteiger partial charge in [0.2, 0.25) is 0 Å². The highest BCUT2D eigenvalue weighted by Crippen LogP contribution is 2.29. The van der Waals surface area contributed by atoms with Crippen LogP contribution in [0.1, 0.15) is 16.7 Å². The van der Waals surface area contributed by atoms with E-state index in [1.807, 2.05) is 19.2 Å². The lowest BCUT2D eigenvalue weighted by Crippen LogP contribution is -2.35. The van der Waals surface area contributed by atoms with E-state index in [1.54, 1.807) is 18.2 Å². The van der Waals surface area contributed by atoms with Crippen molar-refractivity contribution in [3.63, 3.8) is 0 Å². The van der Waals surface area contributed by atoms with E-state index in [1.165, 1.54) is 27.1 Å². The van der Waals surface area contributed by atoms with Crippen molar-refractivity contribution >= 4 is 34.1 Å². The van der Waals surface area contributed by atoms with Crippen molar-refractivity contribution in [1.82, 2.24) is 4.90 Å². The highest BCUT2D eigenvalue weighted by molar-refractivity contribution is 6.59. The van der Waals surface area contributed by atoms with Crippen molar-refractivity contribution in [2.45, 2.75) is 13.1 Å². The Hall–Kier alpha value is -3.17. The molecule has 0 unspecified atom stereocenters. The molecule has 0 aliphatic rings. The number of rotatable bonds is 5. The zero-order valence-electron chi connectivity index (χ0n) is 16.2. The molecule has 0 aromatic heterocycles. The first-order valence-corrected chi connectivity index (χ1v) is 9.54. The molecule has 0 fully saturated rings. The maximum Gasteiger partial charge on any atom is 0.488 e. The molecule has 0 bridgehead atoms. The van der Waals surface area contributed by atoms with Crippen molar-refractivity contribution in [3.05, 3.63) is 89.5 Å². The summed E-state index contributed by atoms with van der Waals surface area (Å²) in [4.78, 5) is 2.14. The Labute approximate surface area is 170 Å². The van der Waals surface area contributed by atoms with Gasteiger partial charge < -0.3 is 10.0 Å². The number of nitrogens with zero attached hydrogens (tertiary/aromatic N) is 2. The molecule has 0 spiro atoms. The predicted molar refractivity (Wildman–Crippen MR) is 118 cm³/mol. The van der Waals surface area contributed by atoms with Gasteiger partial charge in [-0.3, -0.25) is 4.90 Å². The summed E-state index contributed by atoms with van der Waals surface area (Å²) in [5.41, 5.74) is 2.92. The molecule has 4 aromatic rings. The molecule has 142 valence electrons. The van der Waals surface area contributed by atoms with Crippen molar-refractivity contribution in [2.24, 2.45) is 0 Å². The largest absolute Gasteiger partial charge is 0.488 e. The molecular formula is C24H21BN2O2. The summed E-state index contributed by atoms with van der Waals surface area (Å²) in [6.45, 7) is 1.19. The Morgan fingerprint density at radius 1 is 0.862 bits per heavy atom. The SMILES string of the molecule is CN(Cc1cc(C#N)ccc1B(O)O)Cc1c2ccccc2cc2ccccc12. The van der Waals surface area contributed by atoms with Crippen molar-refractivity contribution in [1.29, 1.82) is 5.26 Å². The van der Waals surface area contributed by atoms with Crippen LogP contribution in [0.15, 0.2) is 72.8 Å². The highest BCUT2D eigenvalue weighted by Gasteiger charge is 2.18. The molecule has 0 radical (unpaired) electrons. The minimum atomic E-state index is -1.57. The van der Waals surface area contributed by atoms with E-state index in [9.17, 15) is 15.3 Å². The van der Waals surface area contributed by atoms with Gasteiger partial charge in [-0.2, -0.15) is 5.26 Å². The number of hydrogen-bond acceptors (Lipinski definition) is 4. The van der Waals surface area contributed by atoms with Gasteiger partial charge in [-0.25, -0.2) is 0 Å². The van der Waals surface area contributed by atoms with E-state index in [0.717, 1.165) is 5.56 Å². The van der Waals surface area contributed by atoms with E-state index in [-0.39, 0.29) is 0 Å². The van der Waals surface area contributed by atoms with Gasteiger partial charge in [0.05, 0.1) is 11.6 Å². The van der Waals surface area contributed by atoms with Crippen LogP contribution in [0.3, 0.4) is 0 Å². The van der Waals surface area contributed by atoms with Gasteiger partial charge in [-0.05, 0) is 63.4 Å². The summed E-state index contributed by atoms with van der Waals surface area (Å²) in [5, 5.41) is 33.5. The van der Waals surface area contributed by atoms with Crippen molar-refractivity contribution < 1.29 is 10.0 Å².